The van der Waals surface area contributed by atoms with Crippen LogP contribution in [0.2, 0.25) is 0 Å². The first-order valence-electron chi connectivity index (χ1n) is 8.32. The molecule has 0 aromatic rings. The van der Waals surface area contributed by atoms with Crippen LogP contribution in [0.15, 0.2) is 0 Å². The number of rotatable bonds is 3. The Morgan fingerprint density at radius 3 is 2.11 bits per heavy atom. The summed E-state index contributed by atoms with van der Waals surface area (Å²) in [4.78, 5) is 0. The van der Waals surface area contributed by atoms with Gasteiger partial charge in [-0.05, 0) is 68.6 Å². The Hall–Kier alpha value is -0.0400. The molecular weight excluding hydrogens is 218 g/mol. The molecule has 3 unspecified atom stereocenters. The Morgan fingerprint density at radius 1 is 0.889 bits per heavy atom. The molecule has 2 fully saturated rings. The highest BCUT2D eigenvalue weighted by Gasteiger charge is 2.29. The van der Waals surface area contributed by atoms with Crippen molar-refractivity contribution in [3.05, 3.63) is 0 Å². The van der Waals surface area contributed by atoms with E-state index in [0.717, 1.165) is 35.8 Å². The zero-order valence-corrected chi connectivity index (χ0v) is 12.9. The van der Waals surface area contributed by atoms with Crippen LogP contribution >= 0.6 is 0 Å². The second-order valence-corrected chi connectivity index (χ2v) is 7.52. The zero-order valence-electron chi connectivity index (χ0n) is 12.9. The van der Waals surface area contributed by atoms with Crippen molar-refractivity contribution in [1.82, 2.24) is 5.32 Å². The molecule has 2 aliphatic carbocycles. The predicted molar refractivity (Wildman–Crippen MR) is 79.7 cm³/mol. The summed E-state index contributed by atoms with van der Waals surface area (Å²) in [5.74, 6) is 3.72. The van der Waals surface area contributed by atoms with Gasteiger partial charge in [0.1, 0.15) is 0 Å². The van der Waals surface area contributed by atoms with Crippen LogP contribution in [0.3, 0.4) is 0 Å². The van der Waals surface area contributed by atoms with Gasteiger partial charge in [0.2, 0.25) is 0 Å². The third-order valence-electron chi connectivity index (χ3n) is 5.60. The van der Waals surface area contributed by atoms with Crippen molar-refractivity contribution in [2.24, 2.45) is 23.7 Å². The first kappa shape index (κ1) is 14.4. The van der Waals surface area contributed by atoms with Gasteiger partial charge < -0.3 is 5.32 Å². The molecule has 0 aromatic heterocycles. The van der Waals surface area contributed by atoms with Gasteiger partial charge in [0.05, 0.1) is 0 Å². The first-order chi connectivity index (χ1) is 8.56. The molecule has 1 N–H and O–H groups in total. The molecule has 2 aliphatic rings. The van der Waals surface area contributed by atoms with E-state index < -0.39 is 0 Å². The molecule has 0 spiro atoms. The summed E-state index contributed by atoms with van der Waals surface area (Å²) in [6.07, 6.45) is 10.0. The van der Waals surface area contributed by atoms with Crippen molar-refractivity contribution in [2.45, 2.75) is 84.7 Å². The fourth-order valence-electron chi connectivity index (χ4n) is 4.17. The lowest BCUT2D eigenvalue weighted by Gasteiger charge is -2.38. The molecule has 0 aromatic carbocycles. The lowest BCUT2D eigenvalue weighted by atomic mass is 9.77. The molecule has 0 bridgehead atoms. The van der Waals surface area contributed by atoms with E-state index in [1.807, 2.05) is 0 Å². The summed E-state index contributed by atoms with van der Waals surface area (Å²) in [5.41, 5.74) is 0. The van der Waals surface area contributed by atoms with Crippen molar-refractivity contribution >= 4 is 0 Å². The summed E-state index contributed by atoms with van der Waals surface area (Å²) in [5, 5.41) is 3.99. The van der Waals surface area contributed by atoms with Gasteiger partial charge in [-0.2, -0.15) is 0 Å². The van der Waals surface area contributed by atoms with Gasteiger partial charge >= 0.3 is 0 Å². The highest BCUT2D eigenvalue weighted by atomic mass is 15.0. The second kappa shape index (κ2) is 6.41. The molecule has 106 valence electrons. The molecule has 18 heavy (non-hydrogen) atoms. The van der Waals surface area contributed by atoms with Crippen molar-refractivity contribution in [3.63, 3.8) is 0 Å². The molecule has 0 heterocycles. The highest BCUT2D eigenvalue weighted by Crippen LogP contribution is 2.33. The molecular formula is C17H33N. The van der Waals surface area contributed by atoms with E-state index in [1.54, 1.807) is 0 Å². The van der Waals surface area contributed by atoms with Crippen molar-refractivity contribution < 1.29 is 0 Å². The van der Waals surface area contributed by atoms with Gasteiger partial charge in [-0.1, -0.05) is 27.7 Å². The number of hydrogen-bond donors (Lipinski definition) is 1. The average Bonchev–Trinajstić information content (AvgIpc) is 2.33. The van der Waals surface area contributed by atoms with E-state index in [9.17, 15) is 0 Å². The molecule has 0 aliphatic heterocycles. The van der Waals surface area contributed by atoms with Gasteiger partial charge in [-0.25, -0.2) is 0 Å². The van der Waals surface area contributed by atoms with Crippen LogP contribution < -0.4 is 5.32 Å². The van der Waals surface area contributed by atoms with Gasteiger partial charge in [-0.3, -0.25) is 0 Å². The maximum Gasteiger partial charge on any atom is 0.00954 e. The third-order valence-corrected chi connectivity index (χ3v) is 5.60. The van der Waals surface area contributed by atoms with Crippen LogP contribution in [-0.2, 0) is 0 Å². The minimum Gasteiger partial charge on any atom is -0.311 e. The SMILES string of the molecule is CC1CCC(NC2CCC(C(C)C)CC2)C(C)C1. The van der Waals surface area contributed by atoms with E-state index >= 15 is 0 Å². The van der Waals surface area contributed by atoms with E-state index in [0.29, 0.717) is 0 Å². The van der Waals surface area contributed by atoms with Crippen LogP contribution in [-0.4, -0.2) is 12.1 Å². The number of hydrogen-bond acceptors (Lipinski definition) is 1. The fraction of sp³-hybridized carbons (Fsp3) is 1.00. The maximum absolute atomic E-state index is 3.99. The van der Waals surface area contributed by atoms with Crippen molar-refractivity contribution in [2.75, 3.05) is 0 Å². The lowest BCUT2D eigenvalue weighted by Crippen LogP contribution is -2.46. The Morgan fingerprint density at radius 2 is 1.56 bits per heavy atom. The van der Waals surface area contributed by atoms with Gasteiger partial charge in [0.15, 0.2) is 0 Å². The fourth-order valence-corrected chi connectivity index (χ4v) is 4.17. The molecule has 1 heteroatoms. The van der Waals surface area contributed by atoms with E-state index in [2.05, 4.69) is 33.0 Å². The summed E-state index contributed by atoms with van der Waals surface area (Å²) in [6, 6.07) is 1.63. The normalized spacial score (nSPS) is 42.2. The standard InChI is InChI=1S/C17H33N/c1-12(2)15-6-8-16(9-7-15)18-17-10-5-13(3)11-14(17)4/h12-18H,5-11H2,1-4H3. The van der Waals surface area contributed by atoms with Crippen LogP contribution in [0.4, 0.5) is 0 Å². The minimum atomic E-state index is 0.807. The first-order valence-corrected chi connectivity index (χ1v) is 8.32. The number of nitrogens with one attached hydrogen (secondary N) is 1. The van der Waals surface area contributed by atoms with E-state index in [4.69, 9.17) is 0 Å². The second-order valence-electron chi connectivity index (χ2n) is 7.52. The Kier molecular flexibility index (Phi) is 5.12. The smallest absolute Gasteiger partial charge is 0.00954 e. The average molecular weight is 251 g/mol. The topological polar surface area (TPSA) is 12.0 Å². The molecule has 0 saturated heterocycles. The molecule has 1 nitrogen and oxygen atoms in total. The van der Waals surface area contributed by atoms with E-state index in [1.165, 1.54) is 44.9 Å². The lowest BCUT2D eigenvalue weighted by molar-refractivity contribution is 0.176. The van der Waals surface area contributed by atoms with Crippen LogP contribution in [0, 0.1) is 23.7 Å². The largest absolute Gasteiger partial charge is 0.311 e. The highest BCUT2D eigenvalue weighted by molar-refractivity contribution is 4.86. The quantitative estimate of drug-likeness (QED) is 0.772. The Balaban J connectivity index is 1.74. The molecule has 3 atom stereocenters. The van der Waals surface area contributed by atoms with Crippen molar-refractivity contribution in [1.29, 1.82) is 0 Å². The Bertz CT molecular complexity index is 240. The summed E-state index contributed by atoms with van der Waals surface area (Å²) < 4.78 is 0. The predicted octanol–water partition coefficient (Wildman–Crippen LogP) is 4.62. The van der Waals surface area contributed by atoms with Crippen LogP contribution in [0.1, 0.15) is 72.6 Å². The summed E-state index contributed by atoms with van der Waals surface area (Å²) >= 11 is 0. The monoisotopic (exact) mass is 251 g/mol. The van der Waals surface area contributed by atoms with Gasteiger partial charge in [-0.15, -0.1) is 0 Å². The van der Waals surface area contributed by atoms with E-state index in [-0.39, 0.29) is 0 Å². The Labute approximate surface area is 114 Å². The van der Waals surface area contributed by atoms with Gasteiger partial charge in [0, 0.05) is 12.1 Å². The minimum absolute atomic E-state index is 0.807. The van der Waals surface area contributed by atoms with Gasteiger partial charge in [0.25, 0.3) is 0 Å². The summed E-state index contributed by atoms with van der Waals surface area (Å²) in [6.45, 7) is 9.65. The molecule has 0 amide bonds. The van der Waals surface area contributed by atoms with Crippen LogP contribution in [0.5, 0.6) is 0 Å². The molecule has 2 rings (SSSR count). The zero-order chi connectivity index (χ0) is 13.1. The summed E-state index contributed by atoms with van der Waals surface area (Å²) in [7, 11) is 0. The third kappa shape index (κ3) is 3.73. The van der Waals surface area contributed by atoms with Crippen LogP contribution in [0.25, 0.3) is 0 Å². The molecule has 2 saturated carbocycles. The maximum atomic E-state index is 3.99. The molecule has 0 radical (unpaired) electrons. The van der Waals surface area contributed by atoms with Crippen molar-refractivity contribution in [3.8, 4) is 0 Å².